The molecule has 0 saturated heterocycles. The van der Waals surface area contributed by atoms with Crippen LogP contribution < -0.4 is 4.74 Å². The molecule has 4 heterocycles. The highest BCUT2D eigenvalue weighted by molar-refractivity contribution is 7.08. The van der Waals surface area contributed by atoms with Gasteiger partial charge in [0, 0.05) is 23.2 Å². The molecule has 4 aromatic rings. The van der Waals surface area contributed by atoms with E-state index in [0.29, 0.717) is 23.1 Å². The Bertz CT molecular complexity index is 937. The van der Waals surface area contributed by atoms with E-state index in [1.165, 1.54) is 0 Å². The minimum Gasteiger partial charge on any atom is -0.434 e. The van der Waals surface area contributed by atoms with Crippen molar-refractivity contribution in [1.82, 2.24) is 24.8 Å². The number of hydrogen-bond acceptors (Lipinski definition) is 6. The van der Waals surface area contributed by atoms with Gasteiger partial charge in [-0.15, -0.1) is 15.3 Å². The van der Waals surface area contributed by atoms with E-state index in [1.807, 2.05) is 16.8 Å². The molecule has 8 heteroatoms. The van der Waals surface area contributed by atoms with Gasteiger partial charge < -0.3 is 4.74 Å². The summed E-state index contributed by atoms with van der Waals surface area (Å²) in [4.78, 5) is 3.97. The van der Waals surface area contributed by atoms with Crippen LogP contribution in [0.3, 0.4) is 0 Å². The fraction of sp³-hybridized carbons (Fsp3) is 0. The molecule has 0 aliphatic carbocycles. The molecule has 0 atom stereocenters. The molecule has 0 saturated carbocycles. The van der Waals surface area contributed by atoms with Crippen molar-refractivity contribution >= 4 is 28.6 Å². The van der Waals surface area contributed by atoms with Crippen LogP contribution in [0.1, 0.15) is 0 Å². The molecular weight excluding hydrogens is 322 g/mol. The topological polar surface area (TPSA) is 65.2 Å². The molecule has 22 heavy (non-hydrogen) atoms. The molecule has 0 spiro atoms. The summed E-state index contributed by atoms with van der Waals surface area (Å²) >= 11 is 7.58. The molecule has 0 aliphatic heterocycles. The third-order valence-corrected chi connectivity index (χ3v) is 3.92. The highest BCUT2D eigenvalue weighted by atomic mass is 35.5. The summed E-state index contributed by atoms with van der Waals surface area (Å²) in [5.74, 6) is 1.50. The molecule has 0 bridgehead atoms. The van der Waals surface area contributed by atoms with E-state index in [2.05, 4.69) is 20.3 Å². The average molecular weight is 330 g/mol. The number of thiophene rings is 1. The zero-order valence-electron chi connectivity index (χ0n) is 11.0. The fourth-order valence-electron chi connectivity index (χ4n) is 1.96. The molecule has 0 aromatic carbocycles. The zero-order chi connectivity index (χ0) is 14.9. The third kappa shape index (κ3) is 2.30. The van der Waals surface area contributed by atoms with E-state index in [4.69, 9.17) is 16.3 Å². The number of aromatic nitrogens is 5. The van der Waals surface area contributed by atoms with Crippen molar-refractivity contribution < 1.29 is 4.74 Å². The normalized spacial score (nSPS) is 11.0. The minimum absolute atomic E-state index is 0.284. The summed E-state index contributed by atoms with van der Waals surface area (Å²) in [6, 6.07) is 8.94. The molecule has 108 valence electrons. The van der Waals surface area contributed by atoms with Gasteiger partial charge in [-0.1, -0.05) is 11.6 Å². The predicted molar refractivity (Wildman–Crippen MR) is 83.4 cm³/mol. The smallest absolute Gasteiger partial charge is 0.237 e. The summed E-state index contributed by atoms with van der Waals surface area (Å²) in [6.07, 6.45) is 1.60. The first-order chi connectivity index (χ1) is 10.8. The fourth-order valence-corrected chi connectivity index (χ4v) is 2.75. The van der Waals surface area contributed by atoms with Crippen LogP contribution in [0, 0.1) is 0 Å². The molecular formula is C14H8ClN5OS. The maximum atomic E-state index is 5.99. The second kappa shape index (κ2) is 5.36. The average Bonchev–Trinajstić information content (AvgIpc) is 3.18. The minimum atomic E-state index is 0.284. The monoisotopic (exact) mass is 329 g/mol. The van der Waals surface area contributed by atoms with Gasteiger partial charge in [0.05, 0.1) is 0 Å². The number of pyridine rings is 1. The number of halogens is 1. The Morgan fingerprint density at radius 3 is 2.91 bits per heavy atom. The van der Waals surface area contributed by atoms with Crippen molar-refractivity contribution in [2.24, 2.45) is 0 Å². The molecule has 0 radical (unpaired) electrons. The number of fused-ring (bicyclic) bond motifs is 1. The van der Waals surface area contributed by atoms with E-state index in [0.717, 1.165) is 5.56 Å². The molecule has 0 N–H and O–H groups in total. The van der Waals surface area contributed by atoms with Crippen molar-refractivity contribution in [3.63, 3.8) is 0 Å². The second-order valence-electron chi connectivity index (χ2n) is 4.37. The Morgan fingerprint density at radius 2 is 2.09 bits per heavy atom. The Labute approximate surface area is 134 Å². The maximum Gasteiger partial charge on any atom is 0.237 e. The van der Waals surface area contributed by atoms with Gasteiger partial charge in [-0.25, -0.2) is 4.98 Å². The molecule has 0 fully saturated rings. The van der Waals surface area contributed by atoms with Crippen LogP contribution in [-0.2, 0) is 0 Å². The van der Waals surface area contributed by atoms with E-state index in [1.54, 1.807) is 46.3 Å². The first kappa shape index (κ1) is 13.2. The number of hydrogen-bond donors (Lipinski definition) is 0. The lowest BCUT2D eigenvalue weighted by Gasteiger charge is -2.06. The van der Waals surface area contributed by atoms with Gasteiger partial charge in [0.1, 0.15) is 0 Å². The maximum absolute atomic E-state index is 5.99. The molecule has 4 rings (SSSR count). The van der Waals surface area contributed by atoms with Crippen molar-refractivity contribution in [1.29, 1.82) is 0 Å². The van der Waals surface area contributed by atoms with Gasteiger partial charge in [-0.05, 0) is 29.6 Å². The lowest BCUT2D eigenvalue weighted by atomic mass is 10.3. The second-order valence-corrected chi connectivity index (χ2v) is 5.51. The van der Waals surface area contributed by atoms with Crippen molar-refractivity contribution in [2.75, 3.05) is 0 Å². The Hall–Kier alpha value is -2.51. The van der Waals surface area contributed by atoms with Crippen LogP contribution in [0.4, 0.5) is 0 Å². The summed E-state index contributed by atoms with van der Waals surface area (Å²) in [5, 5.41) is 16.9. The van der Waals surface area contributed by atoms with Gasteiger partial charge in [0.2, 0.25) is 5.88 Å². The molecule has 0 unspecified atom stereocenters. The Kier molecular flexibility index (Phi) is 3.21. The number of ether oxygens (including phenoxy) is 1. The van der Waals surface area contributed by atoms with E-state index >= 15 is 0 Å². The number of nitrogens with zero attached hydrogens (tertiary/aromatic N) is 5. The third-order valence-electron chi connectivity index (χ3n) is 2.96. The lowest BCUT2D eigenvalue weighted by Crippen LogP contribution is -1.97. The first-order valence-electron chi connectivity index (χ1n) is 6.35. The number of rotatable bonds is 3. The first-order valence-corrected chi connectivity index (χ1v) is 7.67. The van der Waals surface area contributed by atoms with Crippen molar-refractivity contribution in [2.45, 2.75) is 0 Å². The standard InChI is InChI=1S/C14H8ClN5OS/c15-13-10(2-1-6-16-13)21-12-4-3-11-17-18-14(20(11)19-12)9-5-7-22-8-9/h1-8H. The summed E-state index contributed by atoms with van der Waals surface area (Å²) in [5.41, 5.74) is 1.60. The lowest BCUT2D eigenvalue weighted by molar-refractivity contribution is 0.451. The summed E-state index contributed by atoms with van der Waals surface area (Å²) in [6.45, 7) is 0. The largest absolute Gasteiger partial charge is 0.434 e. The van der Waals surface area contributed by atoms with E-state index < -0.39 is 0 Å². The van der Waals surface area contributed by atoms with Crippen molar-refractivity contribution in [3.8, 4) is 23.0 Å². The predicted octanol–water partition coefficient (Wildman–Crippen LogP) is 3.69. The molecule has 0 amide bonds. The van der Waals surface area contributed by atoms with Crippen LogP contribution in [0.2, 0.25) is 5.15 Å². The summed E-state index contributed by atoms with van der Waals surface area (Å²) in [7, 11) is 0. The summed E-state index contributed by atoms with van der Waals surface area (Å²) < 4.78 is 7.32. The van der Waals surface area contributed by atoms with Gasteiger partial charge in [-0.2, -0.15) is 15.9 Å². The van der Waals surface area contributed by atoms with Crippen LogP contribution in [0.25, 0.3) is 17.0 Å². The van der Waals surface area contributed by atoms with Crippen LogP contribution in [-0.4, -0.2) is 24.8 Å². The van der Waals surface area contributed by atoms with Crippen LogP contribution >= 0.6 is 22.9 Å². The Morgan fingerprint density at radius 1 is 1.14 bits per heavy atom. The SMILES string of the molecule is Clc1ncccc1Oc1ccc2nnc(-c3ccsc3)n2n1. The molecule has 4 aromatic heterocycles. The molecule has 0 aliphatic rings. The van der Waals surface area contributed by atoms with Gasteiger partial charge in [0.15, 0.2) is 22.4 Å². The molecule has 6 nitrogen and oxygen atoms in total. The van der Waals surface area contributed by atoms with Gasteiger partial charge >= 0.3 is 0 Å². The van der Waals surface area contributed by atoms with Gasteiger partial charge in [-0.3, -0.25) is 0 Å². The van der Waals surface area contributed by atoms with Crippen LogP contribution in [0.5, 0.6) is 11.6 Å². The highest BCUT2D eigenvalue weighted by Crippen LogP contribution is 2.27. The highest BCUT2D eigenvalue weighted by Gasteiger charge is 2.11. The van der Waals surface area contributed by atoms with E-state index in [9.17, 15) is 0 Å². The van der Waals surface area contributed by atoms with E-state index in [-0.39, 0.29) is 5.15 Å². The van der Waals surface area contributed by atoms with Crippen LogP contribution in [0.15, 0.2) is 47.3 Å². The quantitative estimate of drug-likeness (QED) is 0.536. The zero-order valence-corrected chi connectivity index (χ0v) is 12.6. The Balaban J connectivity index is 1.77. The van der Waals surface area contributed by atoms with Gasteiger partial charge in [0.25, 0.3) is 0 Å². The van der Waals surface area contributed by atoms with Crippen molar-refractivity contribution in [3.05, 3.63) is 52.4 Å².